The van der Waals surface area contributed by atoms with E-state index in [1.54, 1.807) is 0 Å². The van der Waals surface area contributed by atoms with Gasteiger partial charge in [-0.3, -0.25) is 0 Å². The van der Waals surface area contributed by atoms with Crippen LogP contribution in [0.3, 0.4) is 0 Å². The van der Waals surface area contributed by atoms with Gasteiger partial charge in [0.2, 0.25) is 0 Å². The Morgan fingerprint density at radius 3 is 2.06 bits per heavy atom. The summed E-state index contributed by atoms with van der Waals surface area (Å²) in [5, 5.41) is 3.10. The average Bonchev–Trinajstić information content (AvgIpc) is 2.33. The molecule has 0 spiro atoms. The highest BCUT2D eigenvalue weighted by Crippen LogP contribution is 2.25. The second-order valence-electron chi connectivity index (χ2n) is 4.21. The van der Waals surface area contributed by atoms with E-state index in [9.17, 15) is 0 Å². The van der Waals surface area contributed by atoms with Crippen molar-refractivity contribution in [2.24, 2.45) is 0 Å². The topological polar surface area (TPSA) is 37.8 Å². The smallest absolute Gasteiger partial charge is 0.152 e. The maximum absolute atomic E-state index is 4.62. The molecule has 0 aliphatic rings. The van der Waals surface area contributed by atoms with Gasteiger partial charge in [0.15, 0.2) is 5.82 Å². The lowest BCUT2D eigenvalue weighted by atomic mass is 10.1. The molecule has 0 unspecified atom stereocenters. The third-order valence-corrected chi connectivity index (χ3v) is 2.87. The fourth-order valence-corrected chi connectivity index (χ4v) is 1.69. The normalized spacial score (nSPS) is 10.4. The van der Waals surface area contributed by atoms with Gasteiger partial charge in [-0.1, -0.05) is 29.8 Å². The van der Waals surface area contributed by atoms with Crippen LogP contribution < -0.4 is 5.32 Å². The predicted octanol–water partition coefficient (Wildman–Crippen LogP) is 3.11. The highest BCUT2D eigenvalue weighted by atomic mass is 15.0. The molecule has 1 heterocycles. The first-order valence-corrected chi connectivity index (χ1v) is 5.72. The zero-order valence-electron chi connectivity index (χ0n) is 10.7. The number of aryl methyl sites for hydroxylation is 3. The summed E-state index contributed by atoms with van der Waals surface area (Å²) < 4.78 is 0. The van der Waals surface area contributed by atoms with Crippen molar-refractivity contribution >= 4 is 5.82 Å². The zero-order chi connectivity index (χ0) is 12.4. The minimum Gasteiger partial charge on any atom is -0.371 e. The first-order valence-electron chi connectivity index (χ1n) is 5.72. The Balaban J connectivity index is 2.57. The van der Waals surface area contributed by atoms with Crippen molar-refractivity contribution in [2.75, 3.05) is 12.4 Å². The fraction of sp³-hybridized carbons (Fsp3) is 0.286. The lowest BCUT2D eigenvalue weighted by molar-refractivity contribution is 1.05. The van der Waals surface area contributed by atoms with Gasteiger partial charge >= 0.3 is 0 Å². The van der Waals surface area contributed by atoms with Crippen molar-refractivity contribution in [1.29, 1.82) is 0 Å². The standard InChI is InChI=1S/C14H17N3/c1-9-5-7-12(8-6-9)13-14(15-4)17-11(3)10(2)16-13/h5-8H,1-4H3,(H,15,17). The number of hydrogen-bond acceptors (Lipinski definition) is 3. The quantitative estimate of drug-likeness (QED) is 0.856. The van der Waals surface area contributed by atoms with Crippen LogP contribution in [0.15, 0.2) is 24.3 Å². The average molecular weight is 227 g/mol. The Morgan fingerprint density at radius 2 is 1.47 bits per heavy atom. The second-order valence-corrected chi connectivity index (χ2v) is 4.21. The Labute approximate surface area is 102 Å². The molecule has 0 amide bonds. The van der Waals surface area contributed by atoms with Gasteiger partial charge in [-0.05, 0) is 20.8 Å². The number of aromatic nitrogens is 2. The molecule has 1 aromatic heterocycles. The minimum absolute atomic E-state index is 0.831. The van der Waals surface area contributed by atoms with Gasteiger partial charge in [0.05, 0.1) is 11.4 Å². The van der Waals surface area contributed by atoms with E-state index in [-0.39, 0.29) is 0 Å². The molecule has 3 nitrogen and oxygen atoms in total. The van der Waals surface area contributed by atoms with Gasteiger partial charge < -0.3 is 5.32 Å². The van der Waals surface area contributed by atoms with E-state index in [0.717, 1.165) is 28.5 Å². The second kappa shape index (κ2) is 4.53. The number of nitrogens with one attached hydrogen (secondary N) is 1. The van der Waals surface area contributed by atoms with E-state index >= 15 is 0 Å². The van der Waals surface area contributed by atoms with E-state index in [0.29, 0.717) is 0 Å². The highest BCUT2D eigenvalue weighted by Gasteiger charge is 2.09. The van der Waals surface area contributed by atoms with Gasteiger partial charge in [-0.2, -0.15) is 0 Å². The molecular formula is C14H17N3. The fourth-order valence-electron chi connectivity index (χ4n) is 1.69. The Kier molecular flexibility index (Phi) is 3.09. The molecule has 2 aromatic rings. The van der Waals surface area contributed by atoms with E-state index in [2.05, 4.69) is 46.5 Å². The van der Waals surface area contributed by atoms with E-state index in [4.69, 9.17) is 0 Å². The molecule has 0 fully saturated rings. The number of nitrogens with zero attached hydrogens (tertiary/aromatic N) is 2. The maximum Gasteiger partial charge on any atom is 0.152 e. The molecule has 0 bridgehead atoms. The molecule has 0 saturated carbocycles. The van der Waals surface area contributed by atoms with Gasteiger partial charge in [0.25, 0.3) is 0 Å². The lowest BCUT2D eigenvalue weighted by Gasteiger charge is -2.10. The van der Waals surface area contributed by atoms with Crippen molar-refractivity contribution in [1.82, 2.24) is 9.97 Å². The largest absolute Gasteiger partial charge is 0.371 e. The Morgan fingerprint density at radius 1 is 0.882 bits per heavy atom. The number of anilines is 1. The number of hydrogen-bond donors (Lipinski definition) is 1. The SMILES string of the molecule is CNc1nc(C)c(C)nc1-c1ccc(C)cc1. The molecule has 3 heteroatoms. The lowest BCUT2D eigenvalue weighted by Crippen LogP contribution is -2.02. The molecular weight excluding hydrogens is 210 g/mol. The van der Waals surface area contributed by atoms with Crippen LogP contribution in [0.4, 0.5) is 5.82 Å². The Hall–Kier alpha value is -1.90. The molecule has 0 radical (unpaired) electrons. The van der Waals surface area contributed by atoms with Crippen molar-refractivity contribution in [3.63, 3.8) is 0 Å². The molecule has 1 aromatic carbocycles. The summed E-state index contributed by atoms with van der Waals surface area (Å²) in [5.41, 5.74) is 5.19. The summed E-state index contributed by atoms with van der Waals surface area (Å²) in [4.78, 5) is 9.13. The molecule has 17 heavy (non-hydrogen) atoms. The molecule has 2 rings (SSSR count). The van der Waals surface area contributed by atoms with Gasteiger partial charge in [-0.25, -0.2) is 9.97 Å². The first-order chi connectivity index (χ1) is 8.11. The summed E-state index contributed by atoms with van der Waals surface area (Å²) in [5.74, 6) is 0.831. The number of benzene rings is 1. The van der Waals surface area contributed by atoms with Crippen LogP contribution in [0.5, 0.6) is 0 Å². The molecule has 0 atom stereocenters. The van der Waals surface area contributed by atoms with Crippen molar-refractivity contribution in [2.45, 2.75) is 20.8 Å². The van der Waals surface area contributed by atoms with Crippen molar-refractivity contribution in [3.8, 4) is 11.3 Å². The summed E-state index contributed by atoms with van der Waals surface area (Å²) in [6.07, 6.45) is 0. The van der Waals surface area contributed by atoms with Crippen LogP contribution in [-0.2, 0) is 0 Å². The van der Waals surface area contributed by atoms with Crippen molar-refractivity contribution < 1.29 is 0 Å². The highest BCUT2D eigenvalue weighted by molar-refractivity contribution is 5.71. The monoisotopic (exact) mass is 227 g/mol. The molecule has 1 N–H and O–H groups in total. The Bertz CT molecular complexity index is 530. The third kappa shape index (κ3) is 2.28. The summed E-state index contributed by atoms with van der Waals surface area (Å²) >= 11 is 0. The third-order valence-electron chi connectivity index (χ3n) is 2.87. The van der Waals surface area contributed by atoms with Crippen molar-refractivity contribution in [3.05, 3.63) is 41.2 Å². The summed E-state index contributed by atoms with van der Waals surface area (Å²) in [7, 11) is 1.87. The van der Waals surface area contributed by atoms with Gasteiger partial charge in [0, 0.05) is 12.6 Å². The number of rotatable bonds is 2. The zero-order valence-corrected chi connectivity index (χ0v) is 10.7. The minimum atomic E-state index is 0.831. The van der Waals surface area contributed by atoms with E-state index < -0.39 is 0 Å². The molecule has 88 valence electrons. The van der Waals surface area contributed by atoms with E-state index in [1.165, 1.54) is 5.56 Å². The molecule has 0 saturated heterocycles. The van der Waals surface area contributed by atoms with Crippen LogP contribution >= 0.6 is 0 Å². The van der Waals surface area contributed by atoms with Crippen LogP contribution in [0.1, 0.15) is 17.0 Å². The predicted molar refractivity (Wildman–Crippen MR) is 71.2 cm³/mol. The van der Waals surface area contributed by atoms with Crippen LogP contribution in [0, 0.1) is 20.8 Å². The van der Waals surface area contributed by atoms with Crippen LogP contribution in [0.25, 0.3) is 11.3 Å². The van der Waals surface area contributed by atoms with Gasteiger partial charge in [0.1, 0.15) is 5.69 Å². The molecule has 0 aliphatic carbocycles. The molecule has 0 aliphatic heterocycles. The first kappa shape index (κ1) is 11.6. The van der Waals surface area contributed by atoms with Crippen LogP contribution in [-0.4, -0.2) is 17.0 Å². The van der Waals surface area contributed by atoms with Gasteiger partial charge in [-0.15, -0.1) is 0 Å². The summed E-state index contributed by atoms with van der Waals surface area (Å²) in [6.45, 7) is 6.04. The van der Waals surface area contributed by atoms with E-state index in [1.807, 2.05) is 20.9 Å². The maximum atomic E-state index is 4.62. The summed E-state index contributed by atoms with van der Waals surface area (Å²) in [6, 6.07) is 8.33. The van der Waals surface area contributed by atoms with Crippen LogP contribution in [0.2, 0.25) is 0 Å².